The number of nitrogens with two attached hydrogens (primary N) is 1. The van der Waals surface area contributed by atoms with Gasteiger partial charge in [-0.15, -0.1) is 11.3 Å². The first-order chi connectivity index (χ1) is 9.15. The highest BCUT2D eigenvalue weighted by atomic mass is 79.9. The van der Waals surface area contributed by atoms with Crippen molar-refractivity contribution in [1.29, 1.82) is 0 Å². The topological polar surface area (TPSA) is 52.0 Å². The quantitative estimate of drug-likeness (QED) is 0.698. The Morgan fingerprint density at radius 3 is 2.53 bits per heavy atom. The molecule has 0 amide bonds. The Kier molecular flexibility index (Phi) is 3.35. The van der Waals surface area contributed by atoms with Crippen LogP contribution in [0.25, 0.3) is 21.7 Å². The Bertz CT molecular complexity index is 721. The molecule has 6 heteroatoms. The molecule has 0 unspecified atom stereocenters. The SMILES string of the molecule is Nc1onc(-c2ccc(Cl)s2)c1-c1ccc(Br)cc1. The van der Waals surface area contributed by atoms with Crippen molar-refractivity contribution in [2.45, 2.75) is 0 Å². The monoisotopic (exact) mass is 354 g/mol. The maximum Gasteiger partial charge on any atom is 0.230 e. The van der Waals surface area contributed by atoms with Crippen LogP contribution in [0.15, 0.2) is 45.4 Å². The lowest BCUT2D eigenvalue weighted by atomic mass is 10.1. The van der Waals surface area contributed by atoms with Crippen LogP contribution in [0.1, 0.15) is 0 Å². The summed E-state index contributed by atoms with van der Waals surface area (Å²) >= 11 is 10.8. The lowest BCUT2D eigenvalue weighted by molar-refractivity contribution is 0.439. The Morgan fingerprint density at radius 2 is 1.89 bits per heavy atom. The number of nitrogens with zero attached hydrogens (tertiary/aromatic N) is 1. The van der Waals surface area contributed by atoms with Gasteiger partial charge in [-0.05, 0) is 29.8 Å². The Labute approximate surface area is 127 Å². The molecule has 3 nitrogen and oxygen atoms in total. The molecule has 2 heterocycles. The van der Waals surface area contributed by atoms with E-state index in [4.69, 9.17) is 21.9 Å². The third-order valence-corrected chi connectivity index (χ3v) is 4.42. The second kappa shape index (κ2) is 5.00. The first kappa shape index (κ1) is 12.7. The lowest BCUT2D eigenvalue weighted by Crippen LogP contribution is -1.86. The summed E-state index contributed by atoms with van der Waals surface area (Å²) in [6, 6.07) is 11.6. The smallest absolute Gasteiger partial charge is 0.230 e. The van der Waals surface area contributed by atoms with E-state index in [-0.39, 0.29) is 0 Å². The number of thiophene rings is 1. The summed E-state index contributed by atoms with van der Waals surface area (Å²) in [6.07, 6.45) is 0. The molecule has 0 fully saturated rings. The highest BCUT2D eigenvalue weighted by molar-refractivity contribution is 9.10. The van der Waals surface area contributed by atoms with Crippen LogP contribution in [0.5, 0.6) is 0 Å². The van der Waals surface area contributed by atoms with E-state index in [0.717, 1.165) is 26.2 Å². The molecule has 2 N–H and O–H groups in total. The first-order valence-electron chi connectivity index (χ1n) is 5.42. The van der Waals surface area contributed by atoms with Crippen LogP contribution in [0.2, 0.25) is 4.34 Å². The van der Waals surface area contributed by atoms with Gasteiger partial charge < -0.3 is 10.3 Å². The molecule has 0 spiro atoms. The molecule has 0 radical (unpaired) electrons. The fraction of sp³-hybridized carbons (Fsp3) is 0. The predicted octanol–water partition coefficient (Wildman–Crippen LogP) is 5.07. The van der Waals surface area contributed by atoms with Crippen LogP contribution in [-0.4, -0.2) is 5.16 Å². The molecule has 0 aliphatic heterocycles. The fourth-order valence-electron chi connectivity index (χ4n) is 1.81. The number of benzene rings is 1. The normalized spacial score (nSPS) is 10.8. The van der Waals surface area contributed by atoms with Crippen LogP contribution >= 0.6 is 38.9 Å². The average molecular weight is 356 g/mol. The molecule has 2 aromatic heterocycles. The van der Waals surface area contributed by atoms with Gasteiger partial charge >= 0.3 is 0 Å². The Hall–Kier alpha value is -1.30. The molecule has 0 aliphatic carbocycles. The van der Waals surface area contributed by atoms with E-state index in [2.05, 4.69) is 21.1 Å². The molecule has 0 atom stereocenters. The number of rotatable bonds is 2. The van der Waals surface area contributed by atoms with Gasteiger partial charge in [0, 0.05) is 4.47 Å². The molecule has 0 saturated carbocycles. The molecular formula is C13H8BrClN2OS. The van der Waals surface area contributed by atoms with Crippen LogP contribution in [0, 0.1) is 0 Å². The summed E-state index contributed by atoms with van der Waals surface area (Å²) < 4.78 is 6.84. The molecule has 0 bridgehead atoms. The number of hydrogen-bond donors (Lipinski definition) is 1. The van der Waals surface area contributed by atoms with E-state index >= 15 is 0 Å². The first-order valence-corrected chi connectivity index (χ1v) is 7.40. The minimum Gasteiger partial charge on any atom is -0.367 e. The van der Waals surface area contributed by atoms with Crippen LogP contribution in [0.3, 0.4) is 0 Å². The largest absolute Gasteiger partial charge is 0.367 e. The average Bonchev–Trinajstić information content (AvgIpc) is 2.97. The van der Waals surface area contributed by atoms with Crippen molar-refractivity contribution < 1.29 is 4.52 Å². The van der Waals surface area contributed by atoms with Crippen LogP contribution in [0.4, 0.5) is 5.88 Å². The van der Waals surface area contributed by atoms with Crippen molar-refractivity contribution in [3.05, 3.63) is 45.2 Å². The van der Waals surface area contributed by atoms with Crippen molar-refractivity contribution in [2.75, 3.05) is 5.73 Å². The predicted molar refractivity (Wildman–Crippen MR) is 82.4 cm³/mol. The second-order valence-electron chi connectivity index (χ2n) is 3.88. The van der Waals surface area contributed by atoms with Crippen LogP contribution in [-0.2, 0) is 0 Å². The minimum absolute atomic E-state index is 0.307. The van der Waals surface area contributed by atoms with Gasteiger partial charge in [0.25, 0.3) is 0 Å². The third kappa shape index (κ3) is 2.41. The van der Waals surface area contributed by atoms with Crippen LogP contribution < -0.4 is 5.73 Å². The molecule has 19 heavy (non-hydrogen) atoms. The zero-order valence-corrected chi connectivity index (χ0v) is 12.7. The number of nitrogen functional groups attached to an aromatic ring is 1. The molecular weight excluding hydrogens is 348 g/mol. The van der Waals surface area contributed by atoms with E-state index in [1.165, 1.54) is 11.3 Å². The van der Waals surface area contributed by atoms with E-state index in [1.54, 1.807) is 0 Å². The molecule has 1 aromatic carbocycles. The Balaban J connectivity index is 2.16. The van der Waals surface area contributed by atoms with E-state index in [9.17, 15) is 0 Å². The van der Waals surface area contributed by atoms with E-state index < -0.39 is 0 Å². The summed E-state index contributed by atoms with van der Waals surface area (Å²) in [6.45, 7) is 0. The number of aromatic nitrogens is 1. The van der Waals surface area contributed by atoms with Gasteiger partial charge in [-0.2, -0.15) is 0 Å². The zero-order chi connectivity index (χ0) is 13.4. The van der Waals surface area contributed by atoms with Gasteiger partial charge in [0.2, 0.25) is 5.88 Å². The summed E-state index contributed by atoms with van der Waals surface area (Å²) in [5.41, 5.74) is 8.36. The highest BCUT2D eigenvalue weighted by Gasteiger charge is 2.18. The number of anilines is 1. The van der Waals surface area contributed by atoms with Crippen molar-refractivity contribution in [1.82, 2.24) is 5.16 Å². The number of hydrogen-bond acceptors (Lipinski definition) is 4. The van der Waals surface area contributed by atoms with Gasteiger partial charge in [0.1, 0.15) is 5.69 Å². The zero-order valence-electron chi connectivity index (χ0n) is 9.56. The Morgan fingerprint density at radius 1 is 1.16 bits per heavy atom. The highest BCUT2D eigenvalue weighted by Crippen LogP contribution is 2.40. The summed E-state index contributed by atoms with van der Waals surface area (Å²) in [4.78, 5) is 0.934. The van der Waals surface area contributed by atoms with Gasteiger partial charge in [-0.1, -0.05) is 44.8 Å². The van der Waals surface area contributed by atoms with Gasteiger partial charge in [-0.3, -0.25) is 0 Å². The van der Waals surface area contributed by atoms with Gasteiger partial charge in [0.05, 0.1) is 14.8 Å². The summed E-state index contributed by atoms with van der Waals surface area (Å²) in [5.74, 6) is 0.307. The van der Waals surface area contributed by atoms with Gasteiger partial charge in [-0.25, -0.2) is 0 Å². The van der Waals surface area contributed by atoms with Crippen molar-refractivity contribution in [2.24, 2.45) is 0 Å². The van der Waals surface area contributed by atoms with E-state index in [0.29, 0.717) is 10.2 Å². The molecule has 3 aromatic rings. The van der Waals surface area contributed by atoms with Crippen molar-refractivity contribution in [3.63, 3.8) is 0 Å². The van der Waals surface area contributed by atoms with Crippen molar-refractivity contribution >= 4 is 44.8 Å². The minimum atomic E-state index is 0.307. The fourth-order valence-corrected chi connectivity index (χ4v) is 3.10. The van der Waals surface area contributed by atoms with E-state index in [1.807, 2.05) is 36.4 Å². The molecule has 0 saturated heterocycles. The third-order valence-electron chi connectivity index (χ3n) is 2.66. The maximum atomic E-state index is 5.96. The lowest BCUT2D eigenvalue weighted by Gasteiger charge is -2.01. The summed E-state index contributed by atoms with van der Waals surface area (Å²) in [5, 5.41) is 4.04. The van der Waals surface area contributed by atoms with Gasteiger partial charge in [0.15, 0.2) is 0 Å². The maximum absolute atomic E-state index is 5.96. The molecule has 3 rings (SSSR count). The number of halogens is 2. The summed E-state index contributed by atoms with van der Waals surface area (Å²) in [7, 11) is 0. The molecule has 0 aliphatic rings. The second-order valence-corrected chi connectivity index (χ2v) is 6.51. The standard InChI is InChI=1S/C13H8BrClN2OS/c14-8-3-1-7(2-4-8)11-12(17-18-13(11)16)9-5-6-10(15)19-9/h1-6H,16H2. The molecule has 96 valence electrons. The van der Waals surface area contributed by atoms with Crippen molar-refractivity contribution in [3.8, 4) is 21.7 Å².